The van der Waals surface area contributed by atoms with Gasteiger partial charge in [-0.25, -0.2) is 4.57 Å². The Morgan fingerprint density at radius 1 is 0.660 bits per heavy atom. The Labute approximate surface area is 286 Å². The Kier molecular flexibility index (Phi) is 32.4. The molecule has 0 saturated heterocycles. The molecule has 0 amide bonds. The smallest absolute Gasteiger partial charge is 0.462 e. The molecule has 0 aromatic rings. The number of hydrogen-bond acceptors (Lipinski definition) is 8. The number of phosphoric ester groups is 1. The lowest BCUT2D eigenvalue weighted by Crippen LogP contribution is -2.29. The van der Waals surface area contributed by atoms with Crippen LogP contribution in [0.3, 0.4) is 0 Å². The molecule has 0 aliphatic rings. The predicted molar refractivity (Wildman–Crippen MR) is 192 cm³/mol. The number of carbonyl (C=O) groups excluding carboxylic acids is 2. The Morgan fingerprint density at radius 2 is 1.17 bits per heavy atom. The first-order valence-electron chi connectivity index (χ1n) is 18.1. The van der Waals surface area contributed by atoms with Gasteiger partial charge in [0, 0.05) is 19.4 Å². The molecular weight excluding hydrogens is 617 g/mol. The fraction of sp³-hybridized carbons (Fsp3) is 0.730. The lowest BCUT2D eigenvalue weighted by Gasteiger charge is -2.19. The van der Waals surface area contributed by atoms with Crippen LogP contribution in [0, 0.1) is 0 Å². The van der Waals surface area contributed by atoms with Gasteiger partial charge in [0.25, 0.3) is 0 Å². The maximum atomic E-state index is 12.5. The monoisotopic (exact) mass is 683 g/mol. The number of carbonyl (C=O) groups is 2. The Balaban J connectivity index is 4.30. The summed E-state index contributed by atoms with van der Waals surface area (Å²) in [5.74, 6) is -0.866. The maximum Gasteiger partial charge on any atom is 0.472 e. The topological polar surface area (TPSA) is 134 Å². The molecule has 0 aromatic carbocycles. The van der Waals surface area contributed by atoms with Gasteiger partial charge in [-0.2, -0.15) is 0 Å². The molecule has 0 spiro atoms. The number of unbranched alkanes of at least 4 members (excludes halogenated alkanes) is 12. The molecule has 0 radical (unpaired) electrons. The SMILES string of the molecule is CC/C=C\C/C=C\C/C=C\CCCCCCCC(=O)O[C@H](COC(=O)CCCCCCC/C=C\CCCC)COP(=O)(O)OCCN. The number of hydrogen-bond donors (Lipinski definition) is 2. The van der Waals surface area contributed by atoms with Gasteiger partial charge in [-0.15, -0.1) is 0 Å². The van der Waals surface area contributed by atoms with Crippen molar-refractivity contribution in [1.29, 1.82) is 0 Å². The van der Waals surface area contributed by atoms with Crippen molar-refractivity contribution < 1.29 is 37.6 Å². The van der Waals surface area contributed by atoms with E-state index in [0.717, 1.165) is 96.3 Å². The Bertz CT molecular complexity index is 918. The Morgan fingerprint density at radius 3 is 1.77 bits per heavy atom. The van der Waals surface area contributed by atoms with E-state index in [0.29, 0.717) is 6.42 Å². The molecule has 0 fully saturated rings. The summed E-state index contributed by atoms with van der Waals surface area (Å²) in [6.07, 6.45) is 35.7. The highest BCUT2D eigenvalue weighted by atomic mass is 31.2. The lowest BCUT2D eigenvalue weighted by molar-refractivity contribution is -0.161. The van der Waals surface area contributed by atoms with E-state index in [4.69, 9.17) is 24.3 Å². The molecule has 0 aliphatic heterocycles. The van der Waals surface area contributed by atoms with Gasteiger partial charge in [0.05, 0.1) is 13.2 Å². The molecule has 0 heterocycles. The van der Waals surface area contributed by atoms with Crippen LogP contribution in [-0.2, 0) is 32.7 Å². The summed E-state index contributed by atoms with van der Waals surface area (Å²) in [6, 6.07) is 0. The van der Waals surface area contributed by atoms with E-state index in [1.807, 2.05) is 0 Å². The molecule has 9 nitrogen and oxygen atoms in total. The minimum absolute atomic E-state index is 0.0474. The van der Waals surface area contributed by atoms with E-state index < -0.39 is 32.5 Å². The van der Waals surface area contributed by atoms with Crippen LogP contribution < -0.4 is 5.73 Å². The van der Waals surface area contributed by atoms with Crippen molar-refractivity contribution in [2.75, 3.05) is 26.4 Å². The van der Waals surface area contributed by atoms with E-state index in [9.17, 15) is 19.0 Å². The van der Waals surface area contributed by atoms with Crippen molar-refractivity contribution in [2.45, 2.75) is 148 Å². The number of esters is 2. The number of rotatable bonds is 33. The number of phosphoric acid groups is 1. The standard InChI is InChI=1S/C37H66NO8P/c1-3-5-7-9-11-13-15-16-17-18-20-22-24-26-28-30-37(40)46-35(34-45-47(41,42)44-32-31-38)33-43-36(39)29-27-25-23-21-19-14-12-10-8-6-4-2/h5,7,10-13,16-17,35H,3-4,6,8-9,14-15,18-34,38H2,1-2H3,(H,41,42)/b7-5-,12-10-,13-11-,17-16-/t35-/m1/s1. The first-order valence-corrected chi connectivity index (χ1v) is 19.6. The molecule has 47 heavy (non-hydrogen) atoms. The minimum Gasteiger partial charge on any atom is -0.462 e. The molecular formula is C37H66NO8P. The number of nitrogens with two attached hydrogens (primary N) is 1. The molecule has 3 N–H and O–H groups in total. The highest BCUT2D eigenvalue weighted by molar-refractivity contribution is 7.47. The van der Waals surface area contributed by atoms with Crippen molar-refractivity contribution in [2.24, 2.45) is 5.73 Å². The third kappa shape index (κ3) is 33.7. The minimum atomic E-state index is -4.37. The van der Waals surface area contributed by atoms with Crippen LogP contribution in [-0.4, -0.2) is 49.3 Å². The highest BCUT2D eigenvalue weighted by Crippen LogP contribution is 2.43. The fourth-order valence-corrected chi connectivity index (χ4v) is 5.27. The zero-order chi connectivity index (χ0) is 34.7. The Hall–Kier alpha value is -2.03. The van der Waals surface area contributed by atoms with Gasteiger partial charge in [0.2, 0.25) is 0 Å². The maximum absolute atomic E-state index is 12.5. The van der Waals surface area contributed by atoms with Gasteiger partial charge in [-0.1, -0.05) is 114 Å². The molecule has 0 bridgehead atoms. The highest BCUT2D eigenvalue weighted by Gasteiger charge is 2.25. The molecule has 0 saturated carbocycles. The summed E-state index contributed by atoms with van der Waals surface area (Å²) in [4.78, 5) is 34.6. The normalized spacial score (nSPS) is 14.0. The average molecular weight is 684 g/mol. The quantitative estimate of drug-likeness (QED) is 0.0300. The van der Waals surface area contributed by atoms with Crippen molar-refractivity contribution in [3.8, 4) is 0 Å². The molecule has 0 aliphatic carbocycles. The van der Waals surface area contributed by atoms with E-state index in [2.05, 4.69) is 62.5 Å². The molecule has 10 heteroatoms. The first-order chi connectivity index (χ1) is 22.8. The van der Waals surface area contributed by atoms with E-state index in [1.165, 1.54) is 12.8 Å². The second-order valence-electron chi connectivity index (χ2n) is 11.7. The molecule has 0 aromatic heterocycles. The van der Waals surface area contributed by atoms with E-state index in [-0.39, 0.29) is 32.6 Å². The zero-order valence-electron chi connectivity index (χ0n) is 29.5. The van der Waals surface area contributed by atoms with Crippen LogP contribution in [0.15, 0.2) is 48.6 Å². The van der Waals surface area contributed by atoms with Crippen LogP contribution in [0.5, 0.6) is 0 Å². The molecule has 0 rings (SSSR count). The van der Waals surface area contributed by atoms with Gasteiger partial charge in [-0.05, 0) is 64.2 Å². The van der Waals surface area contributed by atoms with Crippen LogP contribution in [0.2, 0.25) is 0 Å². The van der Waals surface area contributed by atoms with Crippen molar-refractivity contribution in [3.05, 3.63) is 48.6 Å². The summed E-state index contributed by atoms with van der Waals surface area (Å²) in [5.41, 5.74) is 5.32. The van der Waals surface area contributed by atoms with Crippen LogP contribution in [0.25, 0.3) is 0 Å². The largest absolute Gasteiger partial charge is 0.472 e. The number of allylic oxidation sites excluding steroid dienone is 8. The fourth-order valence-electron chi connectivity index (χ4n) is 4.51. The van der Waals surface area contributed by atoms with Gasteiger partial charge in [0.1, 0.15) is 6.61 Å². The van der Waals surface area contributed by atoms with E-state index in [1.54, 1.807) is 0 Å². The summed E-state index contributed by atoms with van der Waals surface area (Å²) in [6.45, 7) is 3.52. The van der Waals surface area contributed by atoms with Crippen LogP contribution in [0.4, 0.5) is 0 Å². The summed E-state index contributed by atoms with van der Waals surface area (Å²) < 4.78 is 32.6. The van der Waals surface area contributed by atoms with Crippen LogP contribution >= 0.6 is 7.82 Å². The van der Waals surface area contributed by atoms with E-state index >= 15 is 0 Å². The van der Waals surface area contributed by atoms with Crippen LogP contribution in [0.1, 0.15) is 142 Å². The third-order valence-corrected chi connectivity index (χ3v) is 8.18. The van der Waals surface area contributed by atoms with Crippen molar-refractivity contribution >= 4 is 19.8 Å². The predicted octanol–water partition coefficient (Wildman–Crippen LogP) is 9.60. The zero-order valence-corrected chi connectivity index (χ0v) is 30.4. The van der Waals surface area contributed by atoms with Gasteiger partial charge >= 0.3 is 19.8 Å². The third-order valence-electron chi connectivity index (χ3n) is 7.20. The van der Waals surface area contributed by atoms with Gasteiger partial charge in [0.15, 0.2) is 6.10 Å². The summed E-state index contributed by atoms with van der Waals surface area (Å²) >= 11 is 0. The molecule has 272 valence electrons. The van der Waals surface area contributed by atoms with Gasteiger partial charge < -0.3 is 20.1 Å². The number of ether oxygens (including phenoxy) is 2. The lowest BCUT2D eigenvalue weighted by atomic mass is 10.1. The van der Waals surface area contributed by atoms with Crippen molar-refractivity contribution in [3.63, 3.8) is 0 Å². The second kappa shape index (κ2) is 33.9. The van der Waals surface area contributed by atoms with Gasteiger partial charge in [-0.3, -0.25) is 18.6 Å². The average Bonchev–Trinajstić information content (AvgIpc) is 3.05. The second-order valence-corrected chi connectivity index (χ2v) is 13.2. The van der Waals surface area contributed by atoms with Crippen molar-refractivity contribution in [1.82, 2.24) is 0 Å². The molecule has 2 atom stereocenters. The summed E-state index contributed by atoms with van der Waals surface area (Å²) in [5, 5.41) is 0. The molecule has 1 unspecified atom stereocenters. The summed E-state index contributed by atoms with van der Waals surface area (Å²) in [7, 11) is -4.37. The first kappa shape index (κ1) is 45.0.